The van der Waals surface area contributed by atoms with Crippen molar-refractivity contribution in [1.29, 1.82) is 0 Å². The van der Waals surface area contributed by atoms with E-state index in [9.17, 15) is 4.79 Å². The Labute approximate surface area is 118 Å². The Balaban J connectivity index is 2.21. The van der Waals surface area contributed by atoms with Crippen molar-refractivity contribution < 1.29 is 4.79 Å². The SMILES string of the molecule is CCC(Br)CCNC(=O)CCc1cccc(C)c1. The molecule has 100 valence electrons. The molecule has 0 aromatic heterocycles. The highest BCUT2D eigenvalue weighted by Gasteiger charge is 2.04. The summed E-state index contributed by atoms with van der Waals surface area (Å²) >= 11 is 3.56. The predicted octanol–water partition coefficient (Wildman–Crippen LogP) is 3.61. The fraction of sp³-hybridized carbons (Fsp3) is 0.533. The van der Waals surface area contributed by atoms with Gasteiger partial charge in [0.05, 0.1) is 0 Å². The van der Waals surface area contributed by atoms with Gasteiger partial charge in [-0.25, -0.2) is 0 Å². The number of benzene rings is 1. The zero-order valence-corrected chi connectivity index (χ0v) is 12.8. The number of carbonyl (C=O) groups excluding carboxylic acids is 1. The molecule has 1 aromatic rings. The molecule has 1 aromatic carbocycles. The summed E-state index contributed by atoms with van der Waals surface area (Å²) in [6, 6.07) is 8.33. The molecule has 3 heteroatoms. The van der Waals surface area contributed by atoms with E-state index in [0.29, 0.717) is 11.2 Å². The molecule has 0 saturated carbocycles. The lowest BCUT2D eigenvalue weighted by Crippen LogP contribution is -2.26. The van der Waals surface area contributed by atoms with Gasteiger partial charge in [0.2, 0.25) is 5.91 Å². The monoisotopic (exact) mass is 311 g/mol. The van der Waals surface area contributed by atoms with E-state index in [4.69, 9.17) is 0 Å². The highest BCUT2D eigenvalue weighted by atomic mass is 79.9. The number of carbonyl (C=O) groups is 1. The van der Waals surface area contributed by atoms with Crippen molar-refractivity contribution in [2.75, 3.05) is 6.54 Å². The summed E-state index contributed by atoms with van der Waals surface area (Å²) < 4.78 is 0. The van der Waals surface area contributed by atoms with E-state index in [0.717, 1.165) is 25.8 Å². The number of alkyl halides is 1. The first-order valence-corrected chi connectivity index (χ1v) is 7.49. The maximum atomic E-state index is 11.6. The van der Waals surface area contributed by atoms with Gasteiger partial charge in [0.15, 0.2) is 0 Å². The molecule has 1 rings (SSSR count). The smallest absolute Gasteiger partial charge is 0.220 e. The average Bonchev–Trinajstić information content (AvgIpc) is 2.36. The van der Waals surface area contributed by atoms with Crippen LogP contribution in [0.25, 0.3) is 0 Å². The second-order valence-corrected chi connectivity index (χ2v) is 5.93. The molecule has 1 unspecified atom stereocenters. The van der Waals surface area contributed by atoms with Gasteiger partial charge in [-0.15, -0.1) is 0 Å². The van der Waals surface area contributed by atoms with Crippen LogP contribution in [0.1, 0.15) is 37.3 Å². The molecule has 0 heterocycles. The zero-order chi connectivity index (χ0) is 13.4. The van der Waals surface area contributed by atoms with E-state index in [1.807, 2.05) is 6.07 Å². The van der Waals surface area contributed by atoms with Gasteiger partial charge in [-0.05, 0) is 31.7 Å². The van der Waals surface area contributed by atoms with Crippen molar-refractivity contribution in [2.45, 2.75) is 44.4 Å². The molecule has 18 heavy (non-hydrogen) atoms. The quantitative estimate of drug-likeness (QED) is 0.766. The van der Waals surface area contributed by atoms with E-state index in [1.54, 1.807) is 0 Å². The van der Waals surface area contributed by atoms with E-state index >= 15 is 0 Å². The molecule has 0 spiro atoms. The largest absolute Gasteiger partial charge is 0.356 e. The first-order valence-electron chi connectivity index (χ1n) is 6.58. The minimum atomic E-state index is 0.146. The topological polar surface area (TPSA) is 29.1 Å². The molecule has 0 aliphatic heterocycles. The normalized spacial score (nSPS) is 12.2. The highest BCUT2D eigenvalue weighted by molar-refractivity contribution is 9.09. The van der Waals surface area contributed by atoms with Gasteiger partial charge in [-0.1, -0.05) is 52.7 Å². The molecule has 0 fully saturated rings. The zero-order valence-electron chi connectivity index (χ0n) is 11.2. The molecular weight excluding hydrogens is 290 g/mol. The van der Waals surface area contributed by atoms with Crippen LogP contribution in [-0.4, -0.2) is 17.3 Å². The lowest BCUT2D eigenvalue weighted by atomic mass is 10.1. The Morgan fingerprint density at radius 3 is 2.89 bits per heavy atom. The molecule has 0 aliphatic carbocycles. The number of hydrogen-bond acceptors (Lipinski definition) is 1. The Morgan fingerprint density at radius 2 is 2.22 bits per heavy atom. The summed E-state index contributed by atoms with van der Waals surface area (Å²) in [4.78, 5) is 12.2. The minimum absolute atomic E-state index is 0.146. The summed E-state index contributed by atoms with van der Waals surface area (Å²) in [5.41, 5.74) is 2.48. The number of aryl methyl sites for hydroxylation is 2. The van der Waals surface area contributed by atoms with Gasteiger partial charge in [0.1, 0.15) is 0 Å². The maximum absolute atomic E-state index is 11.6. The summed E-state index contributed by atoms with van der Waals surface area (Å²) in [7, 11) is 0. The fourth-order valence-electron chi connectivity index (χ4n) is 1.79. The third kappa shape index (κ3) is 6.20. The number of halogens is 1. The number of nitrogens with one attached hydrogen (secondary N) is 1. The van der Waals surface area contributed by atoms with Crippen LogP contribution in [0, 0.1) is 6.92 Å². The van der Waals surface area contributed by atoms with Gasteiger partial charge >= 0.3 is 0 Å². The molecule has 0 saturated heterocycles. The summed E-state index contributed by atoms with van der Waals surface area (Å²) in [5.74, 6) is 0.146. The van der Waals surface area contributed by atoms with Crippen LogP contribution in [0.5, 0.6) is 0 Å². The number of rotatable bonds is 7. The van der Waals surface area contributed by atoms with Crippen LogP contribution in [0.2, 0.25) is 0 Å². The third-order valence-corrected chi connectivity index (χ3v) is 4.05. The average molecular weight is 312 g/mol. The second kappa shape index (κ2) is 8.30. The molecule has 0 aliphatic rings. The van der Waals surface area contributed by atoms with Crippen LogP contribution in [0.4, 0.5) is 0 Å². The first kappa shape index (κ1) is 15.2. The molecule has 0 bridgehead atoms. The van der Waals surface area contributed by atoms with Crippen molar-refractivity contribution in [3.05, 3.63) is 35.4 Å². The van der Waals surface area contributed by atoms with Crippen molar-refractivity contribution in [3.63, 3.8) is 0 Å². The van der Waals surface area contributed by atoms with Crippen molar-refractivity contribution >= 4 is 21.8 Å². The fourth-order valence-corrected chi connectivity index (χ4v) is 2.02. The lowest BCUT2D eigenvalue weighted by Gasteiger charge is -2.08. The van der Waals surface area contributed by atoms with Crippen molar-refractivity contribution in [3.8, 4) is 0 Å². The Bertz CT molecular complexity index is 379. The van der Waals surface area contributed by atoms with Crippen molar-refractivity contribution in [1.82, 2.24) is 5.32 Å². The van der Waals surface area contributed by atoms with Gasteiger partial charge < -0.3 is 5.32 Å². The third-order valence-electron chi connectivity index (χ3n) is 2.95. The second-order valence-electron chi connectivity index (χ2n) is 4.63. The van der Waals surface area contributed by atoms with E-state index in [2.05, 4.69) is 53.3 Å². The van der Waals surface area contributed by atoms with E-state index < -0.39 is 0 Å². The van der Waals surface area contributed by atoms with Gasteiger partial charge in [-0.3, -0.25) is 4.79 Å². The van der Waals surface area contributed by atoms with Crippen LogP contribution in [0.3, 0.4) is 0 Å². The Hall–Kier alpha value is -0.830. The number of hydrogen-bond donors (Lipinski definition) is 1. The predicted molar refractivity (Wildman–Crippen MR) is 80.1 cm³/mol. The molecular formula is C15H22BrNO. The molecule has 1 atom stereocenters. The Kier molecular flexibility index (Phi) is 7.02. The van der Waals surface area contributed by atoms with Gasteiger partial charge in [0.25, 0.3) is 0 Å². The molecule has 1 amide bonds. The highest BCUT2D eigenvalue weighted by Crippen LogP contribution is 2.08. The van der Waals surface area contributed by atoms with E-state index in [1.165, 1.54) is 11.1 Å². The van der Waals surface area contributed by atoms with Crippen LogP contribution < -0.4 is 5.32 Å². The van der Waals surface area contributed by atoms with E-state index in [-0.39, 0.29) is 5.91 Å². The van der Waals surface area contributed by atoms with Crippen LogP contribution in [0.15, 0.2) is 24.3 Å². The van der Waals surface area contributed by atoms with Gasteiger partial charge in [-0.2, -0.15) is 0 Å². The Morgan fingerprint density at radius 1 is 1.44 bits per heavy atom. The number of amides is 1. The maximum Gasteiger partial charge on any atom is 0.220 e. The summed E-state index contributed by atoms with van der Waals surface area (Å²) in [6.07, 6.45) is 3.48. The summed E-state index contributed by atoms with van der Waals surface area (Å²) in [5, 5.41) is 2.96. The summed E-state index contributed by atoms with van der Waals surface area (Å²) in [6.45, 7) is 4.97. The first-order chi connectivity index (χ1) is 8.61. The van der Waals surface area contributed by atoms with Gasteiger partial charge in [0, 0.05) is 17.8 Å². The van der Waals surface area contributed by atoms with Crippen molar-refractivity contribution in [2.24, 2.45) is 0 Å². The minimum Gasteiger partial charge on any atom is -0.356 e. The van der Waals surface area contributed by atoms with Crippen LogP contribution >= 0.6 is 15.9 Å². The standard InChI is InChI=1S/C15H22BrNO/c1-3-14(16)9-10-17-15(18)8-7-13-6-4-5-12(2)11-13/h4-6,11,14H,3,7-10H2,1-2H3,(H,17,18). The molecule has 2 nitrogen and oxygen atoms in total. The van der Waals surface area contributed by atoms with Crippen LogP contribution in [-0.2, 0) is 11.2 Å². The molecule has 0 radical (unpaired) electrons. The lowest BCUT2D eigenvalue weighted by molar-refractivity contribution is -0.121. The molecule has 1 N–H and O–H groups in total.